The van der Waals surface area contributed by atoms with Crippen molar-refractivity contribution in [1.29, 1.82) is 5.41 Å². The van der Waals surface area contributed by atoms with Gasteiger partial charge in [0.05, 0.1) is 0 Å². The summed E-state index contributed by atoms with van der Waals surface area (Å²) < 4.78 is 0. The summed E-state index contributed by atoms with van der Waals surface area (Å²) in [5, 5.41) is 7.86. The second-order valence-electron chi connectivity index (χ2n) is 4.01. The van der Waals surface area contributed by atoms with Crippen molar-refractivity contribution in [2.45, 2.75) is 32.6 Å². The second-order valence-corrected chi connectivity index (χ2v) is 4.01. The van der Waals surface area contributed by atoms with E-state index < -0.39 is 0 Å². The van der Waals surface area contributed by atoms with E-state index in [0.29, 0.717) is 0 Å². The van der Waals surface area contributed by atoms with E-state index in [-0.39, 0.29) is 5.41 Å². The number of hydrogen-bond acceptors (Lipinski definition) is 1. The zero-order valence-corrected chi connectivity index (χ0v) is 7.78. The van der Waals surface area contributed by atoms with Gasteiger partial charge in [0.1, 0.15) is 5.84 Å². The molecule has 2 heteroatoms. The lowest BCUT2D eigenvalue weighted by Crippen LogP contribution is -2.35. The Kier molecular flexibility index (Phi) is 2.21. The minimum Gasteiger partial charge on any atom is -0.366 e. The number of rotatable bonds is 1. The summed E-state index contributed by atoms with van der Waals surface area (Å²) in [6.45, 7) is 2.21. The Morgan fingerprint density at radius 2 is 1.73 bits per heavy atom. The van der Waals surface area contributed by atoms with E-state index in [0.717, 1.165) is 5.84 Å². The summed E-state index contributed by atoms with van der Waals surface area (Å²) >= 11 is 0. The highest BCUT2D eigenvalue weighted by molar-refractivity contribution is 5.84. The molecule has 1 N–H and O–H groups in total. The molecule has 0 aromatic carbocycles. The third-order valence-corrected chi connectivity index (χ3v) is 2.73. The van der Waals surface area contributed by atoms with Crippen molar-refractivity contribution in [2.24, 2.45) is 5.41 Å². The van der Waals surface area contributed by atoms with E-state index >= 15 is 0 Å². The quantitative estimate of drug-likeness (QED) is 0.454. The third kappa shape index (κ3) is 1.55. The van der Waals surface area contributed by atoms with Gasteiger partial charge in [-0.2, -0.15) is 0 Å². The van der Waals surface area contributed by atoms with Gasteiger partial charge in [-0.15, -0.1) is 0 Å². The lowest BCUT2D eigenvalue weighted by atomic mass is 9.87. The third-order valence-electron chi connectivity index (χ3n) is 2.73. The fourth-order valence-electron chi connectivity index (χ4n) is 1.93. The van der Waals surface area contributed by atoms with Gasteiger partial charge in [-0.1, -0.05) is 19.8 Å². The average molecular weight is 154 g/mol. The van der Waals surface area contributed by atoms with Crippen LogP contribution >= 0.6 is 0 Å². The van der Waals surface area contributed by atoms with E-state index in [4.69, 9.17) is 5.41 Å². The van der Waals surface area contributed by atoms with Crippen molar-refractivity contribution < 1.29 is 0 Å². The second kappa shape index (κ2) is 2.84. The molecule has 0 bridgehead atoms. The average Bonchev–Trinajstić information content (AvgIpc) is 2.35. The van der Waals surface area contributed by atoms with Crippen LogP contribution in [0.3, 0.4) is 0 Å². The van der Waals surface area contributed by atoms with Crippen molar-refractivity contribution in [3.63, 3.8) is 0 Å². The molecule has 1 rings (SSSR count). The van der Waals surface area contributed by atoms with E-state index in [2.05, 4.69) is 6.92 Å². The molecule has 0 radical (unpaired) electrons. The van der Waals surface area contributed by atoms with Crippen molar-refractivity contribution in [3.8, 4) is 0 Å². The van der Waals surface area contributed by atoms with Gasteiger partial charge in [0.25, 0.3) is 0 Å². The van der Waals surface area contributed by atoms with Crippen LogP contribution < -0.4 is 0 Å². The molecule has 0 aromatic heterocycles. The predicted molar refractivity (Wildman–Crippen MR) is 48.0 cm³/mol. The molecule has 11 heavy (non-hydrogen) atoms. The molecule has 0 unspecified atom stereocenters. The normalized spacial score (nSPS) is 21.7. The first-order chi connectivity index (χ1) is 5.06. The van der Waals surface area contributed by atoms with Crippen LogP contribution in [0.15, 0.2) is 0 Å². The maximum atomic E-state index is 7.86. The zero-order valence-electron chi connectivity index (χ0n) is 7.78. The van der Waals surface area contributed by atoms with Gasteiger partial charge in [-0.05, 0) is 12.8 Å². The van der Waals surface area contributed by atoms with Crippen LogP contribution in [-0.2, 0) is 0 Å². The van der Waals surface area contributed by atoms with Crippen LogP contribution in [0.2, 0.25) is 0 Å². The van der Waals surface area contributed by atoms with Crippen molar-refractivity contribution in [2.75, 3.05) is 14.1 Å². The molecule has 0 aromatic rings. The topological polar surface area (TPSA) is 27.1 Å². The first kappa shape index (κ1) is 8.57. The van der Waals surface area contributed by atoms with Gasteiger partial charge in [0.2, 0.25) is 0 Å². The molecule has 0 aliphatic heterocycles. The smallest absolute Gasteiger partial charge is 0.101 e. The summed E-state index contributed by atoms with van der Waals surface area (Å²) in [6.07, 6.45) is 4.99. The molecule has 0 saturated heterocycles. The van der Waals surface area contributed by atoms with Crippen LogP contribution in [0.4, 0.5) is 0 Å². The van der Waals surface area contributed by atoms with Crippen molar-refractivity contribution in [1.82, 2.24) is 4.90 Å². The summed E-state index contributed by atoms with van der Waals surface area (Å²) in [4.78, 5) is 1.94. The fraction of sp³-hybridized carbons (Fsp3) is 0.889. The highest BCUT2D eigenvalue weighted by Gasteiger charge is 2.33. The molecular weight excluding hydrogens is 136 g/mol. The highest BCUT2D eigenvalue weighted by Crippen LogP contribution is 2.38. The largest absolute Gasteiger partial charge is 0.366 e. The molecule has 0 amide bonds. The Hall–Kier alpha value is -0.530. The first-order valence-electron chi connectivity index (χ1n) is 4.33. The monoisotopic (exact) mass is 154 g/mol. The zero-order chi connectivity index (χ0) is 8.48. The Morgan fingerprint density at radius 3 is 2.09 bits per heavy atom. The maximum absolute atomic E-state index is 7.86. The molecule has 1 saturated carbocycles. The van der Waals surface area contributed by atoms with E-state index in [1.165, 1.54) is 25.7 Å². The van der Waals surface area contributed by atoms with Crippen LogP contribution in [0.5, 0.6) is 0 Å². The van der Waals surface area contributed by atoms with Gasteiger partial charge >= 0.3 is 0 Å². The van der Waals surface area contributed by atoms with Gasteiger partial charge in [0, 0.05) is 19.5 Å². The van der Waals surface area contributed by atoms with Gasteiger partial charge in [-0.25, -0.2) is 0 Å². The van der Waals surface area contributed by atoms with Gasteiger partial charge in [-0.3, -0.25) is 5.41 Å². The SMILES string of the molecule is CN(C)C(=N)C1(C)CCCC1. The molecule has 0 atom stereocenters. The Morgan fingerprint density at radius 1 is 1.27 bits per heavy atom. The molecule has 2 nitrogen and oxygen atoms in total. The molecule has 1 fully saturated rings. The summed E-state index contributed by atoms with van der Waals surface area (Å²) in [5.74, 6) is 0.801. The number of amidine groups is 1. The lowest BCUT2D eigenvalue weighted by Gasteiger charge is -2.29. The van der Waals surface area contributed by atoms with E-state index in [1.807, 2.05) is 19.0 Å². The lowest BCUT2D eigenvalue weighted by molar-refractivity contribution is 0.416. The van der Waals surface area contributed by atoms with Crippen LogP contribution in [0.1, 0.15) is 32.6 Å². The van der Waals surface area contributed by atoms with Gasteiger partial charge in [0.15, 0.2) is 0 Å². The van der Waals surface area contributed by atoms with E-state index in [1.54, 1.807) is 0 Å². The summed E-state index contributed by atoms with van der Waals surface area (Å²) in [7, 11) is 3.93. The predicted octanol–water partition coefficient (Wildman–Crippen LogP) is 2.11. The molecule has 64 valence electrons. The fourth-order valence-corrected chi connectivity index (χ4v) is 1.93. The van der Waals surface area contributed by atoms with Crippen molar-refractivity contribution in [3.05, 3.63) is 0 Å². The minimum absolute atomic E-state index is 0.184. The van der Waals surface area contributed by atoms with Crippen molar-refractivity contribution >= 4 is 5.84 Å². The summed E-state index contributed by atoms with van der Waals surface area (Å²) in [5.41, 5.74) is 0.184. The Labute approximate surface area is 69.1 Å². The number of nitrogens with one attached hydrogen (secondary N) is 1. The van der Waals surface area contributed by atoms with Crippen LogP contribution in [0, 0.1) is 10.8 Å². The molecular formula is C9H18N2. The minimum atomic E-state index is 0.184. The van der Waals surface area contributed by atoms with Crippen LogP contribution in [-0.4, -0.2) is 24.8 Å². The highest BCUT2D eigenvalue weighted by atomic mass is 15.1. The number of nitrogens with zero attached hydrogens (tertiary/aromatic N) is 1. The number of hydrogen-bond donors (Lipinski definition) is 1. The van der Waals surface area contributed by atoms with E-state index in [9.17, 15) is 0 Å². The molecule has 0 heterocycles. The maximum Gasteiger partial charge on any atom is 0.101 e. The summed E-state index contributed by atoms with van der Waals surface area (Å²) in [6, 6.07) is 0. The molecule has 0 spiro atoms. The Bertz CT molecular complexity index is 155. The standard InChI is InChI=1S/C9H18N2/c1-9(6-4-5-7-9)8(10)11(2)3/h10H,4-7H2,1-3H3. The van der Waals surface area contributed by atoms with Crippen LogP contribution in [0.25, 0.3) is 0 Å². The first-order valence-corrected chi connectivity index (χ1v) is 4.33. The Balaban J connectivity index is 2.64. The molecule has 1 aliphatic carbocycles. The van der Waals surface area contributed by atoms with Gasteiger partial charge < -0.3 is 4.90 Å². The molecule has 1 aliphatic rings.